The minimum absolute atomic E-state index is 0.0285. The lowest BCUT2D eigenvalue weighted by Crippen LogP contribution is -2.14. The molecule has 14 heavy (non-hydrogen) atoms. The van der Waals surface area contributed by atoms with Gasteiger partial charge in [-0.2, -0.15) is 0 Å². The van der Waals surface area contributed by atoms with Crippen molar-refractivity contribution >= 4 is 57.2 Å². The zero-order chi connectivity index (χ0) is 10.8. The van der Waals surface area contributed by atoms with E-state index >= 15 is 0 Å². The Morgan fingerprint density at radius 2 is 1.64 bits per heavy atom. The molecule has 1 aromatic rings. The van der Waals surface area contributed by atoms with Gasteiger partial charge in [0.25, 0.3) is 0 Å². The first-order valence-electron chi connectivity index (χ1n) is 3.59. The third-order valence-corrected chi connectivity index (χ3v) is 3.99. The number of hydrogen-bond donors (Lipinski definition) is 0. The second-order valence-electron chi connectivity index (χ2n) is 2.56. The Morgan fingerprint density at radius 1 is 1.14 bits per heavy atom. The van der Waals surface area contributed by atoms with E-state index in [9.17, 15) is 4.21 Å². The van der Waals surface area contributed by atoms with Crippen molar-refractivity contribution in [3.05, 3.63) is 29.3 Å². The highest BCUT2D eigenvalue weighted by Crippen LogP contribution is 2.28. The largest absolute Gasteiger partial charge is 0.254 e. The molecule has 1 unspecified atom stereocenters. The summed E-state index contributed by atoms with van der Waals surface area (Å²) in [7, 11) is -1.32. The zero-order valence-corrected chi connectivity index (χ0v) is 10.7. The first-order valence-corrected chi connectivity index (χ1v) is 6.42. The number of benzene rings is 1. The number of rotatable bonds is 2. The van der Waals surface area contributed by atoms with Crippen LogP contribution in [0.4, 0.5) is 0 Å². The smallest absolute Gasteiger partial charge is 0.202 e. The molecule has 0 amide bonds. The van der Waals surface area contributed by atoms with E-state index in [4.69, 9.17) is 46.4 Å². The van der Waals surface area contributed by atoms with Crippen molar-refractivity contribution in [2.45, 2.75) is 8.69 Å². The molecule has 1 atom stereocenters. The topological polar surface area (TPSA) is 17.1 Å². The highest BCUT2D eigenvalue weighted by atomic mass is 35.6. The van der Waals surface area contributed by atoms with Gasteiger partial charge < -0.3 is 0 Å². The van der Waals surface area contributed by atoms with E-state index in [0.717, 1.165) is 0 Å². The summed E-state index contributed by atoms with van der Waals surface area (Å²) in [5.41, 5.74) is 0. The van der Waals surface area contributed by atoms with Crippen LogP contribution in [0, 0.1) is 0 Å². The minimum Gasteiger partial charge on any atom is -0.254 e. The van der Waals surface area contributed by atoms with Gasteiger partial charge in [0.1, 0.15) is 0 Å². The number of alkyl halides is 3. The molecular formula is C8H6Cl4OS. The zero-order valence-electron chi connectivity index (χ0n) is 6.84. The first kappa shape index (κ1) is 12.6. The van der Waals surface area contributed by atoms with Crippen molar-refractivity contribution in [2.24, 2.45) is 0 Å². The van der Waals surface area contributed by atoms with Crippen LogP contribution in [-0.2, 0) is 10.8 Å². The van der Waals surface area contributed by atoms with Gasteiger partial charge in [-0.1, -0.05) is 46.4 Å². The second-order valence-corrected chi connectivity index (χ2v) is 6.96. The molecule has 6 heteroatoms. The Kier molecular flexibility index (Phi) is 4.54. The molecule has 0 radical (unpaired) electrons. The quantitative estimate of drug-likeness (QED) is 0.757. The molecule has 0 saturated carbocycles. The molecule has 1 rings (SSSR count). The molecule has 0 bridgehead atoms. The summed E-state index contributed by atoms with van der Waals surface area (Å²) < 4.78 is 10.1. The van der Waals surface area contributed by atoms with E-state index in [-0.39, 0.29) is 5.75 Å². The number of halogens is 4. The molecular weight excluding hydrogens is 286 g/mol. The van der Waals surface area contributed by atoms with Gasteiger partial charge in [0.15, 0.2) is 0 Å². The van der Waals surface area contributed by atoms with E-state index in [1.54, 1.807) is 24.3 Å². The molecule has 0 aliphatic heterocycles. The molecule has 0 fully saturated rings. The van der Waals surface area contributed by atoms with Crippen molar-refractivity contribution in [3.63, 3.8) is 0 Å². The second kappa shape index (κ2) is 5.04. The molecule has 78 valence electrons. The Balaban J connectivity index is 2.76. The van der Waals surface area contributed by atoms with Gasteiger partial charge in [0.2, 0.25) is 3.79 Å². The Labute approximate surface area is 105 Å². The van der Waals surface area contributed by atoms with Gasteiger partial charge in [0.05, 0.1) is 16.6 Å². The van der Waals surface area contributed by atoms with Crippen LogP contribution in [0.3, 0.4) is 0 Å². The monoisotopic (exact) mass is 290 g/mol. The summed E-state index contributed by atoms with van der Waals surface area (Å²) in [6.45, 7) is 0. The van der Waals surface area contributed by atoms with Gasteiger partial charge in [-0.15, -0.1) is 0 Å². The van der Waals surface area contributed by atoms with Crippen molar-refractivity contribution in [1.29, 1.82) is 0 Å². The predicted octanol–water partition coefficient (Wildman–Crippen LogP) is 3.82. The molecule has 0 heterocycles. The molecule has 0 aliphatic rings. The lowest BCUT2D eigenvalue weighted by atomic mass is 10.4. The van der Waals surface area contributed by atoms with Crippen LogP contribution in [0.15, 0.2) is 29.2 Å². The predicted molar refractivity (Wildman–Crippen MR) is 63.0 cm³/mol. The molecule has 0 aromatic heterocycles. The fourth-order valence-electron chi connectivity index (χ4n) is 0.818. The first-order chi connectivity index (χ1) is 6.38. The third-order valence-electron chi connectivity index (χ3n) is 1.37. The summed E-state index contributed by atoms with van der Waals surface area (Å²) in [6, 6.07) is 6.59. The van der Waals surface area contributed by atoms with Gasteiger partial charge in [-0.05, 0) is 24.3 Å². The van der Waals surface area contributed by atoms with Gasteiger partial charge in [-0.3, -0.25) is 4.21 Å². The SMILES string of the molecule is O=S(CC(Cl)(Cl)Cl)c1ccc(Cl)cc1. The maximum atomic E-state index is 11.6. The van der Waals surface area contributed by atoms with Crippen LogP contribution in [-0.4, -0.2) is 13.8 Å². The van der Waals surface area contributed by atoms with E-state index in [2.05, 4.69) is 0 Å². The molecule has 1 nitrogen and oxygen atoms in total. The maximum absolute atomic E-state index is 11.6. The van der Waals surface area contributed by atoms with Crippen LogP contribution >= 0.6 is 46.4 Å². The van der Waals surface area contributed by atoms with Gasteiger partial charge >= 0.3 is 0 Å². The third kappa shape index (κ3) is 4.37. The average Bonchev–Trinajstić information content (AvgIpc) is 2.02. The van der Waals surface area contributed by atoms with Crippen molar-refractivity contribution in [1.82, 2.24) is 0 Å². The fourth-order valence-corrected chi connectivity index (χ4v) is 2.74. The molecule has 0 aliphatic carbocycles. The molecule has 1 aromatic carbocycles. The summed E-state index contributed by atoms with van der Waals surface area (Å²) in [4.78, 5) is 0.598. The van der Waals surface area contributed by atoms with Crippen LogP contribution in [0.1, 0.15) is 0 Å². The Bertz CT molecular complexity index is 330. The highest BCUT2D eigenvalue weighted by molar-refractivity contribution is 7.85. The van der Waals surface area contributed by atoms with Crippen molar-refractivity contribution in [3.8, 4) is 0 Å². The lowest BCUT2D eigenvalue weighted by molar-refractivity contribution is 0.683. The van der Waals surface area contributed by atoms with E-state index in [1.807, 2.05) is 0 Å². The summed E-state index contributed by atoms with van der Waals surface area (Å²) in [5.74, 6) is -0.0285. The number of hydrogen-bond acceptors (Lipinski definition) is 1. The average molecular weight is 292 g/mol. The molecule has 0 saturated heterocycles. The normalized spacial score (nSPS) is 14.0. The van der Waals surface area contributed by atoms with Crippen LogP contribution in [0.25, 0.3) is 0 Å². The van der Waals surface area contributed by atoms with E-state index in [1.165, 1.54) is 0 Å². The van der Waals surface area contributed by atoms with Gasteiger partial charge in [-0.25, -0.2) is 0 Å². The standard InChI is InChI=1S/C8H6Cl4OS/c9-6-1-3-7(4-2-6)14(13)5-8(10,11)12/h1-4H,5H2. The van der Waals surface area contributed by atoms with E-state index in [0.29, 0.717) is 9.92 Å². The van der Waals surface area contributed by atoms with E-state index < -0.39 is 14.6 Å². The highest BCUT2D eigenvalue weighted by Gasteiger charge is 2.23. The molecule has 0 spiro atoms. The maximum Gasteiger partial charge on any atom is 0.202 e. The summed E-state index contributed by atoms with van der Waals surface area (Å²) in [6.07, 6.45) is 0. The van der Waals surface area contributed by atoms with Crippen LogP contribution < -0.4 is 0 Å². The summed E-state index contributed by atoms with van der Waals surface area (Å²) >= 11 is 22.2. The molecule has 0 N–H and O–H groups in total. The van der Waals surface area contributed by atoms with Crippen LogP contribution in [0.5, 0.6) is 0 Å². The van der Waals surface area contributed by atoms with Crippen LogP contribution in [0.2, 0.25) is 5.02 Å². The fraction of sp³-hybridized carbons (Fsp3) is 0.250. The Hall–Kier alpha value is 0.530. The summed E-state index contributed by atoms with van der Waals surface area (Å²) in [5, 5.41) is 0.583. The minimum atomic E-state index is -1.50. The lowest BCUT2D eigenvalue weighted by Gasteiger charge is -2.09. The Morgan fingerprint density at radius 3 is 2.07 bits per heavy atom. The van der Waals surface area contributed by atoms with Gasteiger partial charge in [0, 0.05) is 9.92 Å². The van der Waals surface area contributed by atoms with Crippen molar-refractivity contribution in [2.75, 3.05) is 5.75 Å². The van der Waals surface area contributed by atoms with Crippen molar-refractivity contribution < 1.29 is 4.21 Å².